The van der Waals surface area contributed by atoms with Crippen LogP contribution in [0.3, 0.4) is 0 Å². The van der Waals surface area contributed by atoms with Crippen molar-refractivity contribution in [2.75, 3.05) is 7.05 Å². The van der Waals surface area contributed by atoms with E-state index in [1.807, 2.05) is 0 Å². The van der Waals surface area contributed by atoms with Gasteiger partial charge in [0.1, 0.15) is 0 Å². The third-order valence-corrected chi connectivity index (χ3v) is 0.881. The molecule has 2 N–H and O–H groups in total. The summed E-state index contributed by atoms with van der Waals surface area (Å²) in [5.41, 5.74) is 0. The molecule has 0 saturated carbocycles. The molecule has 5 heteroatoms. The molecule has 0 rings (SSSR count). The lowest BCUT2D eigenvalue weighted by atomic mass is 11.1. The van der Waals surface area contributed by atoms with Gasteiger partial charge in [-0.05, 0) is 0 Å². The van der Waals surface area contributed by atoms with Gasteiger partial charge >= 0.3 is 0 Å². The molecule has 0 bridgehead atoms. The smallest absolute Gasteiger partial charge is 0.208 e. The molecule has 0 aliphatic carbocycles. The Hall–Kier alpha value is -0.730. The molecule has 0 saturated heterocycles. The van der Waals surface area contributed by atoms with Crippen molar-refractivity contribution in [3.05, 3.63) is 0 Å². The molecule has 0 fully saturated rings. The van der Waals surface area contributed by atoms with Crippen LogP contribution >= 0.6 is 12.6 Å². The SMILES string of the molecule is CN(N)C(S)=NC#N. The first kappa shape index (κ1) is 7.27. The number of hydrogen-bond acceptors (Lipinski definition) is 3. The quantitative estimate of drug-likeness (QED) is 0.117. The zero-order valence-corrected chi connectivity index (χ0v) is 5.26. The van der Waals surface area contributed by atoms with Gasteiger partial charge in [0, 0.05) is 7.05 Å². The number of nitrogens with two attached hydrogens (primary N) is 1. The van der Waals surface area contributed by atoms with Gasteiger partial charge in [-0.2, -0.15) is 5.26 Å². The van der Waals surface area contributed by atoms with Crippen LogP contribution < -0.4 is 5.84 Å². The van der Waals surface area contributed by atoms with E-state index in [0.29, 0.717) is 0 Å². The highest BCUT2D eigenvalue weighted by Gasteiger charge is 1.90. The number of nitrogens with zero attached hydrogens (tertiary/aromatic N) is 3. The molecule has 0 aliphatic heterocycles. The lowest BCUT2D eigenvalue weighted by Gasteiger charge is -2.05. The Kier molecular flexibility index (Phi) is 2.99. The maximum atomic E-state index is 7.92. The summed E-state index contributed by atoms with van der Waals surface area (Å²) in [7, 11) is 1.54. The standard InChI is InChI=1S/C3H6N4S/c1-7(5)3(8)6-2-4/h5H2,1H3,(H,6,8). The van der Waals surface area contributed by atoms with Gasteiger partial charge < -0.3 is 0 Å². The summed E-state index contributed by atoms with van der Waals surface area (Å²) in [5, 5.41) is 9.26. The highest BCUT2D eigenvalue weighted by atomic mass is 32.1. The van der Waals surface area contributed by atoms with Crippen LogP contribution in [0, 0.1) is 11.5 Å². The van der Waals surface area contributed by atoms with Crippen LogP contribution in [0.2, 0.25) is 0 Å². The third-order valence-electron chi connectivity index (χ3n) is 0.465. The van der Waals surface area contributed by atoms with Gasteiger partial charge in [0.15, 0.2) is 5.17 Å². The van der Waals surface area contributed by atoms with E-state index >= 15 is 0 Å². The van der Waals surface area contributed by atoms with Crippen LogP contribution in [0.1, 0.15) is 0 Å². The molecule has 44 valence electrons. The van der Waals surface area contributed by atoms with Gasteiger partial charge in [-0.25, -0.2) is 5.84 Å². The predicted octanol–water partition coefficient (Wildman–Crippen LogP) is -0.441. The highest BCUT2D eigenvalue weighted by molar-refractivity contribution is 7.96. The Morgan fingerprint density at radius 3 is 2.62 bits per heavy atom. The molecule has 4 nitrogen and oxygen atoms in total. The van der Waals surface area contributed by atoms with Crippen LogP contribution in [0.5, 0.6) is 0 Å². The zero-order valence-electron chi connectivity index (χ0n) is 4.37. The lowest BCUT2D eigenvalue weighted by molar-refractivity contribution is 0.551. The number of amidine groups is 1. The fourth-order valence-corrected chi connectivity index (χ4v) is 0.168. The Morgan fingerprint density at radius 2 is 2.50 bits per heavy atom. The molecular formula is C3H6N4S. The second-order valence-corrected chi connectivity index (χ2v) is 1.52. The predicted molar refractivity (Wildman–Crippen MR) is 34.0 cm³/mol. The fraction of sp³-hybridized carbons (Fsp3) is 0.333. The van der Waals surface area contributed by atoms with Crippen molar-refractivity contribution in [3.8, 4) is 6.19 Å². The molecule has 0 atom stereocenters. The maximum absolute atomic E-state index is 7.92. The van der Waals surface area contributed by atoms with Crippen molar-refractivity contribution in [2.45, 2.75) is 0 Å². The van der Waals surface area contributed by atoms with Crippen LogP contribution in [0.15, 0.2) is 4.99 Å². The number of rotatable bonds is 0. The molecule has 0 aromatic rings. The molecule has 0 aliphatic rings. The topological polar surface area (TPSA) is 65.4 Å². The van der Waals surface area contributed by atoms with E-state index < -0.39 is 0 Å². The summed E-state index contributed by atoms with van der Waals surface area (Å²) in [6, 6.07) is 0. The molecule has 0 unspecified atom stereocenters. The summed E-state index contributed by atoms with van der Waals surface area (Å²) in [6.07, 6.45) is 1.54. The van der Waals surface area contributed by atoms with Gasteiger partial charge in [-0.15, -0.1) is 17.6 Å². The summed E-state index contributed by atoms with van der Waals surface area (Å²) >= 11 is 3.73. The zero-order chi connectivity index (χ0) is 6.57. The van der Waals surface area contributed by atoms with Crippen molar-refractivity contribution in [3.63, 3.8) is 0 Å². The van der Waals surface area contributed by atoms with E-state index in [9.17, 15) is 0 Å². The first-order valence-electron chi connectivity index (χ1n) is 1.82. The van der Waals surface area contributed by atoms with E-state index in [-0.39, 0.29) is 5.17 Å². The average molecular weight is 130 g/mol. The van der Waals surface area contributed by atoms with Crippen LogP contribution in [0.25, 0.3) is 0 Å². The van der Waals surface area contributed by atoms with Gasteiger partial charge in [-0.3, -0.25) is 5.01 Å². The monoisotopic (exact) mass is 130 g/mol. The number of hydrazine groups is 1. The summed E-state index contributed by atoms with van der Waals surface area (Å²) in [5.74, 6) is 5.10. The van der Waals surface area contributed by atoms with Crippen molar-refractivity contribution in [1.29, 1.82) is 5.26 Å². The maximum Gasteiger partial charge on any atom is 0.208 e. The van der Waals surface area contributed by atoms with Crippen molar-refractivity contribution >= 4 is 17.8 Å². The molecule has 0 aromatic carbocycles. The molecule has 8 heavy (non-hydrogen) atoms. The van der Waals surface area contributed by atoms with E-state index in [1.54, 1.807) is 7.05 Å². The Bertz CT molecular complexity index is 133. The molecule has 0 spiro atoms. The molecule has 0 aromatic heterocycles. The van der Waals surface area contributed by atoms with E-state index in [4.69, 9.17) is 11.1 Å². The van der Waals surface area contributed by atoms with E-state index in [1.165, 1.54) is 6.19 Å². The minimum Gasteiger partial charge on any atom is -0.292 e. The Balaban J connectivity index is 3.85. The minimum absolute atomic E-state index is 0.201. The highest BCUT2D eigenvalue weighted by Crippen LogP contribution is 1.83. The van der Waals surface area contributed by atoms with Crippen molar-refractivity contribution < 1.29 is 0 Å². The van der Waals surface area contributed by atoms with Gasteiger partial charge in [0.25, 0.3) is 0 Å². The molecular weight excluding hydrogens is 124 g/mol. The second kappa shape index (κ2) is 3.29. The molecule has 0 amide bonds. The molecule has 0 radical (unpaired) electrons. The normalized spacial score (nSPS) is 10.5. The summed E-state index contributed by atoms with van der Waals surface area (Å²) in [4.78, 5) is 3.21. The lowest BCUT2D eigenvalue weighted by Crippen LogP contribution is -2.29. The number of aliphatic imine (C=N–C) groups is 1. The van der Waals surface area contributed by atoms with Gasteiger partial charge in [0.2, 0.25) is 6.19 Å². The molecule has 0 heterocycles. The third kappa shape index (κ3) is 2.44. The Morgan fingerprint density at radius 1 is 2.00 bits per heavy atom. The largest absolute Gasteiger partial charge is 0.292 e. The summed E-state index contributed by atoms with van der Waals surface area (Å²) < 4.78 is 0. The van der Waals surface area contributed by atoms with Gasteiger partial charge in [-0.1, -0.05) is 0 Å². The minimum atomic E-state index is 0.201. The number of hydrogen-bond donors (Lipinski definition) is 2. The van der Waals surface area contributed by atoms with E-state index in [0.717, 1.165) is 5.01 Å². The first-order valence-corrected chi connectivity index (χ1v) is 2.27. The fourth-order valence-electron chi connectivity index (χ4n) is 0.124. The van der Waals surface area contributed by atoms with Crippen LogP contribution in [-0.2, 0) is 0 Å². The van der Waals surface area contributed by atoms with Crippen molar-refractivity contribution in [2.24, 2.45) is 10.8 Å². The van der Waals surface area contributed by atoms with Gasteiger partial charge in [0.05, 0.1) is 0 Å². The second-order valence-electron chi connectivity index (χ2n) is 1.12. The van der Waals surface area contributed by atoms with E-state index in [2.05, 4.69) is 17.6 Å². The first-order chi connectivity index (χ1) is 3.68. The van der Waals surface area contributed by atoms with Crippen molar-refractivity contribution in [1.82, 2.24) is 5.01 Å². The Labute approximate surface area is 53.0 Å². The number of thiol groups is 1. The average Bonchev–Trinajstić information content (AvgIpc) is 1.67. The van der Waals surface area contributed by atoms with Crippen LogP contribution in [-0.4, -0.2) is 17.2 Å². The number of nitriles is 1. The van der Waals surface area contributed by atoms with Crippen LogP contribution in [0.4, 0.5) is 0 Å². The summed E-state index contributed by atoms with van der Waals surface area (Å²) in [6.45, 7) is 0.